The summed E-state index contributed by atoms with van der Waals surface area (Å²) in [7, 11) is 0. The standard InChI is InChI=1S/C10H17F2N3/c11-10(12)3-2-8(6-10)7-14-9(13)15-4-1-5-15/h8H,1-7H2,(H2,13,14). The van der Waals surface area contributed by atoms with Crippen LogP contribution in [0.3, 0.4) is 0 Å². The van der Waals surface area contributed by atoms with Gasteiger partial charge in [0.05, 0.1) is 0 Å². The van der Waals surface area contributed by atoms with Crippen LogP contribution in [0.1, 0.15) is 25.7 Å². The second-order valence-corrected chi connectivity index (χ2v) is 4.50. The molecule has 15 heavy (non-hydrogen) atoms. The van der Waals surface area contributed by atoms with Crippen molar-refractivity contribution in [3.05, 3.63) is 0 Å². The zero-order valence-electron chi connectivity index (χ0n) is 8.75. The molecule has 0 amide bonds. The molecular formula is C10H17F2N3. The lowest BCUT2D eigenvalue weighted by atomic mass is 10.1. The van der Waals surface area contributed by atoms with Crippen LogP contribution in [-0.2, 0) is 0 Å². The minimum atomic E-state index is -2.47. The lowest BCUT2D eigenvalue weighted by Crippen LogP contribution is -2.46. The summed E-state index contributed by atoms with van der Waals surface area (Å²) >= 11 is 0. The van der Waals surface area contributed by atoms with Gasteiger partial charge >= 0.3 is 0 Å². The van der Waals surface area contributed by atoms with Crippen LogP contribution in [0.5, 0.6) is 0 Å². The molecule has 0 aromatic heterocycles. The monoisotopic (exact) mass is 217 g/mol. The number of halogens is 2. The normalized spacial score (nSPS) is 30.4. The number of alkyl halides is 2. The minimum Gasteiger partial charge on any atom is -0.370 e. The summed E-state index contributed by atoms with van der Waals surface area (Å²) in [6.45, 7) is 2.37. The quantitative estimate of drug-likeness (QED) is 0.561. The van der Waals surface area contributed by atoms with E-state index in [2.05, 4.69) is 4.99 Å². The number of hydrogen-bond acceptors (Lipinski definition) is 1. The van der Waals surface area contributed by atoms with E-state index < -0.39 is 5.92 Å². The summed E-state index contributed by atoms with van der Waals surface area (Å²) in [5.41, 5.74) is 5.71. The Labute approximate surface area is 88.3 Å². The van der Waals surface area contributed by atoms with Crippen LogP contribution in [-0.4, -0.2) is 36.4 Å². The zero-order chi connectivity index (χ0) is 10.9. The maximum absolute atomic E-state index is 12.9. The number of aliphatic imine (C=N–C) groups is 1. The highest BCUT2D eigenvalue weighted by atomic mass is 19.3. The van der Waals surface area contributed by atoms with Crippen LogP contribution < -0.4 is 5.73 Å². The molecule has 1 saturated heterocycles. The molecule has 1 unspecified atom stereocenters. The Balaban J connectivity index is 1.78. The predicted molar refractivity (Wildman–Crippen MR) is 55.0 cm³/mol. The third-order valence-corrected chi connectivity index (χ3v) is 3.20. The predicted octanol–water partition coefficient (Wildman–Crippen LogP) is 1.44. The molecule has 0 radical (unpaired) electrons. The summed E-state index contributed by atoms with van der Waals surface area (Å²) < 4.78 is 25.7. The number of nitrogens with two attached hydrogens (primary N) is 1. The third-order valence-electron chi connectivity index (χ3n) is 3.20. The number of likely N-dealkylation sites (tertiary alicyclic amines) is 1. The Morgan fingerprint density at radius 3 is 2.67 bits per heavy atom. The molecule has 1 heterocycles. The van der Waals surface area contributed by atoms with Crippen molar-refractivity contribution in [2.45, 2.75) is 31.6 Å². The van der Waals surface area contributed by atoms with Gasteiger partial charge in [-0.2, -0.15) is 0 Å². The molecule has 3 nitrogen and oxygen atoms in total. The van der Waals surface area contributed by atoms with Gasteiger partial charge in [-0.15, -0.1) is 0 Å². The van der Waals surface area contributed by atoms with Gasteiger partial charge in [-0.25, -0.2) is 8.78 Å². The summed E-state index contributed by atoms with van der Waals surface area (Å²) in [6, 6.07) is 0. The number of hydrogen-bond donors (Lipinski definition) is 1. The van der Waals surface area contributed by atoms with E-state index in [-0.39, 0.29) is 18.8 Å². The van der Waals surface area contributed by atoms with E-state index in [0.29, 0.717) is 18.9 Å². The Hall–Kier alpha value is -0.870. The first-order chi connectivity index (χ1) is 7.07. The van der Waals surface area contributed by atoms with Crippen molar-refractivity contribution in [2.24, 2.45) is 16.6 Å². The van der Waals surface area contributed by atoms with Crippen LogP contribution in [0.2, 0.25) is 0 Å². The Kier molecular flexibility index (Phi) is 2.80. The molecule has 1 saturated carbocycles. The summed E-state index contributed by atoms with van der Waals surface area (Å²) in [6.07, 6.45) is 1.71. The fourth-order valence-corrected chi connectivity index (χ4v) is 2.07. The third kappa shape index (κ3) is 2.58. The van der Waals surface area contributed by atoms with E-state index in [1.165, 1.54) is 0 Å². The number of nitrogens with zero attached hydrogens (tertiary/aromatic N) is 2. The van der Waals surface area contributed by atoms with E-state index in [1.54, 1.807) is 0 Å². The second-order valence-electron chi connectivity index (χ2n) is 4.50. The second kappa shape index (κ2) is 3.94. The van der Waals surface area contributed by atoms with Crippen molar-refractivity contribution in [3.63, 3.8) is 0 Å². The maximum Gasteiger partial charge on any atom is 0.248 e. The van der Waals surface area contributed by atoms with Gasteiger partial charge < -0.3 is 10.6 Å². The van der Waals surface area contributed by atoms with Crippen LogP contribution in [0.15, 0.2) is 4.99 Å². The molecule has 0 aromatic rings. The molecule has 86 valence electrons. The van der Waals surface area contributed by atoms with E-state index >= 15 is 0 Å². The molecule has 2 N–H and O–H groups in total. The van der Waals surface area contributed by atoms with Gasteiger partial charge in [0.1, 0.15) is 0 Å². The fraction of sp³-hybridized carbons (Fsp3) is 0.900. The van der Waals surface area contributed by atoms with E-state index in [9.17, 15) is 8.78 Å². The van der Waals surface area contributed by atoms with Crippen LogP contribution >= 0.6 is 0 Å². The van der Waals surface area contributed by atoms with Crippen LogP contribution in [0, 0.1) is 5.92 Å². The summed E-state index contributed by atoms with van der Waals surface area (Å²) in [5.74, 6) is -1.93. The van der Waals surface area contributed by atoms with Gasteiger partial charge in [0.15, 0.2) is 5.96 Å². The Morgan fingerprint density at radius 2 is 2.20 bits per heavy atom. The molecule has 1 aliphatic carbocycles. The van der Waals surface area contributed by atoms with E-state index in [4.69, 9.17) is 5.73 Å². The molecule has 0 spiro atoms. The van der Waals surface area contributed by atoms with E-state index in [0.717, 1.165) is 19.5 Å². The number of guanidine groups is 1. The molecule has 5 heteroatoms. The van der Waals surface area contributed by atoms with Gasteiger partial charge in [-0.1, -0.05) is 0 Å². The molecule has 1 aliphatic heterocycles. The fourth-order valence-electron chi connectivity index (χ4n) is 2.07. The first kappa shape index (κ1) is 10.6. The highest BCUT2D eigenvalue weighted by Gasteiger charge is 2.39. The smallest absolute Gasteiger partial charge is 0.248 e. The Bertz CT molecular complexity index is 261. The van der Waals surface area contributed by atoms with Crippen molar-refractivity contribution in [1.29, 1.82) is 0 Å². The highest BCUT2D eigenvalue weighted by molar-refractivity contribution is 5.78. The summed E-state index contributed by atoms with van der Waals surface area (Å²) in [4.78, 5) is 6.16. The Morgan fingerprint density at radius 1 is 1.47 bits per heavy atom. The minimum absolute atomic E-state index is 0.0107. The summed E-state index contributed by atoms with van der Waals surface area (Å²) in [5, 5.41) is 0. The SMILES string of the molecule is NC(=NCC1CCC(F)(F)C1)N1CCC1. The average Bonchev–Trinajstić information content (AvgIpc) is 2.39. The zero-order valence-corrected chi connectivity index (χ0v) is 8.75. The molecule has 2 fully saturated rings. The average molecular weight is 217 g/mol. The van der Waals surface area contributed by atoms with Gasteiger partial charge in [0, 0.05) is 32.5 Å². The largest absolute Gasteiger partial charge is 0.370 e. The number of rotatable bonds is 2. The molecule has 0 bridgehead atoms. The van der Waals surface area contributed by atoms with Crippen molar-refractivity contribution >= 4 is 5.96 Å². The van der Waals surface area contributed by atoms with Gasteiger partial charge in [0.25, 0.3) is 0 Å². The van der Waals surface area contributed by atoms with Crippen LogP contribution in [0.25, 0.3) is 0 Å². The van der Waals surface area contributed by atoms with Crippen molar-refractivity contribution in [1.82, 2.24) is 4.90 Å². The maximum atomic E-state index is 12.9. The molecule has 2 aliphatic rings. The molecule has 1 atom stereocenters. The first-order valence-electron chi connectivity index (χ1n) is 5.49. The molecular weight excluding hydrogens is 200 g/mol. The van der Waals surface area contributed by atoms with Crippen molar-refractivity contribution in [2.75, 3.05) is 19.6 Å². The highest BCUT2D eigenvalue weighted by Crippen LogP contribution is 2.38. The lowest BCUT2D eigenvalue weighted by molar-refractivity contribution is 0.00541. The van der Waals surface area contributed by atoms with Crippen molar-refractivity contribution in [3.8, 4) is 0 Å². The topological polar surface area (TPSA) is 41.6 Å². The van der Waals surface area contributed by atoms with Gasteiger partial charge in [0.2, 0.25) is 5.92 Å². The first-order valence-corrected chi connectivity index (χ1v) is 5.49. The molecule has 2 rings (SSSR count). The van der Waals surface area contributed by atoms with E-state index in [1.807, 2.05) is 4.90 Å². The van der Waals surface area contributed by atoms with Crippen LogP contribution in [0.4, 0.5) is 8.78 Å². The van der Waals surface area contributed by atoms with Gasteiger partial charge in [-0.3, -0.25) is 4.99 Å². The van der Waals surface area contributed by atoms with Gasteiger partial charge in [-0.05, 0) is 18.8 Å². The lowest BCUT2D eigenvalue weighted by Gasteiger charge is -2.31. The molecule has 0 aromatic carbocycles. The van der Waals surface area contributed by atoms with Crippen molar-refractivity contribution < 1.29 is 8.78 Å².